The maximum Gasteiger partial charge on any atom is 0.237 e. The SMILES string of the molecule is O=C(NCc1c(F)cc(F)cc1F)C1CCCN1. The minimum atomic E-state index is -0.993. The Morgan fingerprint density at radius 3 is 2.56 bits per heavy atom. The molecule has 1 unspecified atom stereocenters. The van der Waals surface area contributed by atoms with Crippen LogP contribution in [0.5, 0.6) is 0 Å². The number of benzene rings is 1. The summed E-state index contributed by atoms with van der Waals surface area (Å²) in [6.45, 7) is 0.478. The molecule has 0 bridgehead atoms. The summed E-state index contributed by atoms with van der Waals surface area (Å²) in [7, 11) is 0. The Kier molecular flexibility index (Phi) is 3.86. The van der Waals surface area contributed by atoms with Crippen molar-refractivity contribution >= 4 is 5.91 Å². The Labute approximate surface area is 102 Å². The van der Waals surface area contributed by atoms with Crippen LogP contribution in [0, 0.1) is 17.5 Å². The quantitative estimate of drug-likeness (QED) is 0.862. The fourth-order valence-corrected chi connectivity index (χ4v) is 1.95. The molecule has 3 nitrogen and oxygen atoms in total. The number of hydrogen-bond donors (Lipinski definition) is 2. The number of carbonyl (C=O) groups is 1. The monoisotopic (exact) mass is 258 g/mol. The van der Waals surface area contributed by atoms with Crippen molar-refractivity contribution in [1.29, 1.82) is 0 Å². The Bertz CT molecular complexity index is 436. The summed E-state index contributed by atoms with van der Waals surface area (Å²) in [5.41, 5.74) is -0.331. The molecular formula is C12H13F3N2O. The van der Waals surface area contributed by atoms with Crippen molar-refractivity contribution < 1.29 is 18.0 Å². The summed E-state index contributed by atoms with van der Waals surface area (Å²) < 4.78 is 39.3. The molecule has 1 aromatic carbocycles. The fraction of sp³-hybridized carbons (Fsp3) is 0.417. The first-order chi connectivity index (χ1) is 8.58. The average molecular weight is 258 g/mol. The normalized spacial score (nSPS) is 18.9. The highest BCUT2D eigenvalue weighted by molar-refractivity contribution is 5.81. The van der Waals surface area contributed by atoms with E-state index in [0.717, 1.165) is 13.0 Å². The number of carbonyl (C=O) groups excluding carboxylic acids is 1. The highest BCUT2D eigenvalue weighted by atomic mass is 19.1. The average Bonchev–Trinajstić information content (AvgIpc) is 2.80. The van der Waals surface area contributed by atoms with Crippen molar-refractivity contribution in [3.63, 3.8) is 0 Å². The first-order valence-electron chi connectivity index (χ1n) is 5.72. The van der Waals surface area contributed by atoms with Crippen LogP contribution in [0.25, 0.3) is 0 Å². The third-order valence-corrected chi connectivity index (χ3v) is 2.92. The Balaban J connectivity index is 1.99. The Morgan fingerprint density at radius 2 is 2.00 bits per heavy atom. The van der Waals surface area contributed by atoms with Crippen LogP contribution < -0.4 is 10.6 Å². The molecule has 1 atom stereocenters. The van der Waals surface area contributed by atoms with Gasteiger partial charge in [-0.25, -0.2) is 13.2 Å². The van der Waals surface area contributed by atoms with Gasteiger partial charge in [-0.1, -0.05) is 0 Å². The van der Waals surface area contributed by atoms with Gasteiger partial charge in [0.25, 0.3) is 0 Å². The number of hydrogen-bond acceptors (Lipinski definition) is 2. The predicted molar refractivity (Wildman–Crippen MR) is 59.2 cm³/mol. The first kappa shape index (κ1) is 12.9. The fourth-order valence-electron chi connectivity index (χ4n) is 1.95. The van der Waals surface area contributed by atoms with Crippen LogP contribution in [-0.2, 0) is 11.3 Å². The zero-order valence-electron chi connectivity index (χ0n) is 9.60. The van der Waals surface area contributed by atoms with Crippen molar-refractivity contribution in [1.82, 2.24) is 10.6 Å². The largest absolute Gasteiger partial charge is 0.350 e. The van der Waals surface area contributed by atoms with Gasteiger partial charge in [-0.3, -0.25) is 4.79 Å². The molecule has 1 fully saturated rings. The summed E-state index contributed by atoms with van der Waals surface area (Å²) in [5, 5.41) is 5.41. The Hall–Kier alpha value is -1.56. The van der Waals surface area contributed by atoms with Gasteiger partial charge in [0.1, 0.15) is 17.5 Å². The molecular weight excluding hydrogens is 245 g/mol. The van der Waals surface area contributed by atoms with Gasteiger partial charge >= 0.3 is 0 Å². The van der Waals surface area contributed by atoms with Crippen molar-refractivity contribution in [2.75, 3.05) is 6.54 Å². The molecule has 1 saturated heterocycles. The second-order valence-electron chi connectivity index (χ2n) is 4.21. The molecule has 0 saturated carbocycles. The van der Waals surface area contributed by atoms with Gasteiger partial charge in [-0.05, 0) is 19.4 Å². The molecule has 0 spiro atoms. The van der Waals surface area contributed by atoms with E-state index in [-0.39, 0.29) is 24.1 Å². The lowest BCUT2D eigenvalue weighted by atomic mass is 10.1. The van der Waals surface area contributed by atoms with Crippen molar-refractivity contribution in [2.45, 2.75) is 25.4 Å². The number of nitrogens with one attached hydrogen (secondary N) is 2. The molecule has 1 heterocycles. The van der Waals surface area contributed by atoms with E-state index in [2.05, 4.69) is 10.6 Å². The van der Waals surface area contributed by atoms with E-state index < -0.39 is 17.5 Å². The van der Waals surface area contributed by atoms with Crippen molar-refractivity contribution in [3.05, 3.63) is 35.1 Å². The maximum atomic E-state index is 13.3. The second-order valence-corrected chi connectivity index (χ2v) is 4.21. The summed E-state index contributed by atoms with van der Waals surface area (Å²) in [6.07, 6.45) is 1.61. The van der Waals surface area contributed by atoms with Crippen LogP contribution in [0.2, 0.25) is 0 Å². The summed E-state index contributed by atoms with van der Waals surface area (Å²) in [6, 6.07) is 0.883. The summed E-state index contributed by atoms with van der Waals surface area (Å²) in [5.74, 6) is -3.26. The molecule has 0 radical (unpaired) electrons. The van der Waals surface area contributed by atoms with E-state index in [9.17, 15) is 18.0 Å². The van der Waals surface area contributed by atoms with E-state index in [1.165, 1.54) is 0 Å². The Morgan fingerprint density at radius 1 is 1.33 bits per heavy atom. The minimum Gasteiger partial charge on any atom is -0.350 e. The lowest BCUT2D eigenvalue weighted by Gasteiger charge is -2.12. The lowest BCUT2D eigenvalue weighted by molar-refractivity contribution is -0.122. The van der Waals surface area contributed by atoms with E-state index in [1.54, 1.807) is 0 Å². The van der Waals surface area contributed by atoms with Crippen LogP contribution >= 0.6 is 0 Å². The van der Waals surface area contributed by atoms with Gasteiger partial charge in [-0.15, -0.1) is 0 Å². The second kappa shape index (κ2) is 5.39. The molecule has 1 aromatic rings. The highest BCUT2D eigenvalue weighted by Gasteiger charge is 2.22. The third kappa shape index (κ3) is 2.81. The molecule has 1 aliphatic rings. The molecule has 2 N–H and O–H groups in total. The molecule has 6 heteroatoms. The molecule has 98 valence electrons. The maximum absolute atomic E-state index is 13.3. The molecule has 2 rings (SSSR count). The smallest absolute Gasteiger partial charge is 0.237 e. The lowest BCUT2D eigenvalue weighted by Crippen LogP contribution is -2.40. The molecule has 1 aliphatic heterocycles. The van der Waals surface area contributed by atoms with E-state index in [1.807, 2.05) is 0 Å². The van der Waals surface area contributed by atoms with Gasteiger partial charge in [0, 0.05) is 24.2 Å². The van der Waals surface area contributed by atoms with Crippen LogP contribution in [0.3, 0.4) is 0 Å². The van der Waals surface area contributed by atoms with Gasteiger partial charge in [0.15, 0.2) is 0 Å². The summed E-state index contributed by atoms with van der Waals surface area (Å²) >= 11 is 0. The van der Waals surface area contributed by atoms with Crippen LogP contribution in [0.4, 0.5) is 13.2 Å². The zero-order chi connectivity index (χ0) is 13.1. The standard InChI is InChI=1S/C12H13F3N2O/c13-7-4-9(14)8(10(15)5-7)6-17-12(18)11-2-1-3-16-11/h4-5,11,16H,1-3,6H2,(H,17,18). The van der Waals surface area contributed by atoms with Gasteiger partial charge in [-0.2, -0.15) is 0 Å². The van der Waals surface area contributed by atoms with E-state index in [4.69, 9.17) is 0 Å². The number of rotatable bonds is 3. The number of amides is 1. The molecule has 1 amide bonds. The minimum absolute atomic E-state index is 0.283. The van der Waals surface area contributed by atoms with Crippen molar-refractivity contribution in [2.24, 2.45) is 0 Å². The van der Waals surface area contributed by atoms with Crippen molar-refractivity contribution in [3.8, 4) is 0 Å². The van der Waals surface area contributed by atoms with Gasteiger partial charge in [0.2, 0.25) is 5.91 Å². The predicted octanol–water partition coefficient (Wildman–Crippen LogP) is 1.47. The summed E-state index contributed by atoms with van der Waals surface area (Å²) in [4.78, 5) is 11.6. The first-order valence-corrected chi connectivity index (χ1v) is 5.72. The third-order valence-electron chi connectivity index (χ3n) is 2.92. The van der Waals surface area contributed by atoms with E-state index in [0.29, 0.717) is 18.6 Å². The zero-order valence-corrected chi connectivity index (χ0v) is 9.60. The molecule has 0 aromatic heterocycles. The van der Waals surface area contributed by atoms with Crippen LogP contribution in [0.1, 0.15) is 18.4 Å². The van der Waals surface area contributed by atoms with E-state index >= 15 is 0 Å². The van der Waals surface area contributed by atoms with Gasteiger partial charge < -0.3 is 10.6 Å². The topological polar surface area (TPSA) is 41.1 Å². The van der Waals surface area contributed by atoms with Crippen LogP contribution in [-0.4, -0.2) is 18.5 Å². The number of halogens is 3. The highest BCUT2D eigenvalue weighted by Crippen LogP contribution is 2.14. The molecule has 18 heavy (non-hydrogen) atoms. The van der Waals surface area contributed by atoms with Crippen LogP contribution in [0.15, 0.2) is 12.1 Å². The van der Waals surface area contributed by atoms with Gasteiger partial charge in [0.05, 0.1) is 6.04 Å². The molecule has 0 aliphatic carbocycles.